The van der Waals surface area contributed by atoms with E-state index in [1.54, 1.807) is 0 Å². The average Bonchev–Trinajstić information content (AvgIpc) is 2.84. The van der Waals surface area contributed by atoms with E-state index in [-0.39, 0.29) is 11.3 Å². The molecule has 0 aliphatic heterocycles. The summed E-state index contributed by atoms with van der Waals surface area (Å²) < 4.78 is 6.33. The fraction of sp³-hybridized carbons (Fsp3) is 0.357. The number of benzene rings is 2. The monoisotopic (exact) mass is 427 g/mol. The molecule has 0 aliphatic carbocycles. The summed E-state index contributed by atoms with van der Waals surface area (Å²) in [4.78, 5) is 17.7. The summed E-state index contributed by atoms with van der Waals surface area (Å²) in [5, 5.41) is -0.0113. The van der Waals surface area contributed by atoms with Crippen molar-refractivity contribution in [1.82, 2.24) is 4.98 Å². The van der Waals surface area contributed by atoms with Gasteiger partial charge in [0.1, 0.15) is 7.28 Å². The number of ether oxygens (including phenoxy) is 1. The van der Waals surface area contributed by atoms with Gasteiger partial charge in [0.15, 0.2) is 5.60 Å². The van der Waals surface area contributed by atoms with Gasteiger partial charge < -0.3 is 4.74 Å². The van der Waals surface area contributed by atoms with Crippen LogP contribution in [0.3, 0.4) is 0 Å². The van der Waals surface area contributed by atoms with Crippen molar-refractivity contribution >= 4 is 13.2 Å². The van der Waals surface area contributed by atoms with Crippen LogP contribution in [0.1, 0.15) is 57.7 Å². The minimum Gasteiger partial charge on any atom is -0.449 e. The lowest BCUT2D eigenvalue weighted by Crippen LogP contribution is -2.39. The number of carbonyl (C=O) groups excluding carboxylic acids is 1. The van der Waals surface area contributed by atoms with Crippen molar-refractivity contribution in [3.8, 4) is 0 Å². The molecule has 1 aromatic heterocycles. The highest BCUT2D eigenvalue weighted by Crippen LogP contribution is 2.38. The molecule has 0 aliphatic rings. The van der Waals surface area contributed by atoms with Gasteiger partial charge in [0, 0.05) is 12.4 Å². The first-order chi connectivity index (χ1) is 15.2. The van der Waals surface area contributed by atoms with Gasteiger partial charge >= 0.3 is 5.97 Å². The normalized spacial score (nSPS) is 13.8. The zero-order chi connectivity index (χ0) is 23.2. The van der Waals surface area contributed by atoms with Crippen LogP contribution in [0.15, 0.2) is 85.2 Å². The van der Waals surface area contributed by atoms with E-state index in [1.165, 1.54) is 5.56 Å². The first kappa shape index (κ1) is 23.8. The Labute approximate surface area is 193 Å². The van der Waals surface area contributed by atoms with E-state index in [2.05, 4.69) is 31.0 Å². The number of rotatable bonds is 9. The molecule has 4 heteroatoms. The van der Waals surface area contributed by atoms with Crippen LogP contribution in [0, 0.1) is 5.41 Å². The van der Waals surface area contributed by atoms with Gasteiger partial charge in [-0.25, -0.2) is 0 Å². The lowest BCUT2D eigenvalue weighted by atomic mass is 9.44. The van der Waals surface area contributed by atoms with E-state index in [9.17, 15) is 4.79 Å². The Balaban J connectivity index is 1.83. The molecule has 0 saturated carbocycles. The van der Waals surface area contributed by atoms with Crippen LogP contribution >= 0.6 is 0 Å². The lowest BCUT2D eigenvalue weighted by molar-refractivity contribution is -0.165. The van der Waals surface area contributed by atoms with Crippen LogP contribution in [-0.4, -0.2) is 18.2 Å². The van der Waals surface area contributed by atoms with Crippen molar-refractivity contribution in [2.75, 3.05) is 0 Å². The van der Waals surface area contributed by atoms with E-state index in [1.807, 2.05) is 93.8 Å². The minimum atomic E-state index is -0.851. The molecule has 0 spiro atoms. The molecular weight excluding hydrogens is 393 g/mol. The molecule has 0 N–H and O–H groups in total. The van der Waals surface area contributed by atoms with E-state index >= 15 is 0 Å². The second kappa shape index (κ2) is 9.73. The molecule has 0 saturated heterocycles. The van der Waals surface area contributed by atoms with Gasteiger partial charge in [-0.05, 0) is 41.1 Å². The van der Waals surface area contributed by atoms with E-state index in [4.69, 9.17) is 4.74 Å². The molecule has 3 nitrogen and oxygen atoms in total. The summed E-state index contributed by atoms with van der Waals surface area (Å²) in [5.41, 5.74) is 1.72. The van der Waals surface area contributed by atoms with Crippen LogP contribution in [0.25, 0.3) is 0 Å². The number of pyridine rings is 1. The highest BCUT2D eigenvalue weighted by molar-refractivity contribution is 6.40. The number of carbonyl (C=O) groups is 1. The van der Waals surface area contributed by atoms with E-state index in [0.717, 1.165) is 31.1 Å². The van der Waals surface area contributed by atoms with Gasteiger partial charge in [0.05, 0.1) is 5.41 Å². The Morgan fingerprint density at radius 2 is 1.31 bits per heavy atom. The highest BCUT2D eigenvalue weighted by atomic mass is 16.6. The lowest BCUT2D eigenvalue weighted by Gasteiger charge is -2.36. The fourth-order valence-corrected chi connectivity index (χ4v) is 4.09. The average molecular weight is 427 g/mol. The molecule has 1 unspecified atom stereocenters. The third kappa shape index (κ3) is 5.12. The molecule has 0 radical (unpaired) electrons. The van der Waals surface area contributed by atoms with Gasteiger partial charge in [-0.1, -0.05) is 101 Å². The molecule has 2 aromatic carbocycles. The number of aromatic nitrogens is 1. The van der Waals surface area contributed by atoms with Gasteiger partial charge in [-0.3, -0.25) is 9.78 Å². The van der Waals surface area contributed by atoms with Crippen LogP contribution in [0.5, 0.6) is 0 Å². The summed E-state index contributed by atoms with van der Waals surface area (Å²) in [7, 11) is 0.892. The summed E-state index contributed by atoms with van der Waals surface area (Å²) in [5.74, 6) is -0.180. The third-order valence-electron chi connectivity index (χ3n) is 6.96. The van der Waals surface area contributed by atoms with E-state index in [0.29, 0.717) is 0 Å². The first-order valence-electron chi connectivity index (χ1n) is 11.5. The number of nitrogens with zero attached hydrogens (tertiary/aromatic N) is 1. The SMILES string of the molecule is CCC(C)(BCC(C)(C)C(=O)OC(C)(c1ccccc1)c1ccccc1)c1ccncc1. The number of hydrogen-bond acceptors (Lipinski definition) is 3. The second-order valence-corrected chi connectivity index (χ2v) is 9.69. The fourth-order valence-electron chi connectivity index (χ4n) is 4.09. The second-order valence-electron chi connectivity index (χ2n) is 9.69. The highest BCUT2D eigenvalue weighted by Gasteiger charge is 2.40. The van der Waals surface area contributed by atoms with Gasteiger partial charge in [0.2, 0.25) is 0 Å². The number of esters is 1. The summed E-state index contributed by atoms with van der Waals surface area (Å²) in [6.45, 7) is 10.4. The minimum absolute atomic E-state index is 0.0113. The molecular formula is C28H34BNO2. The van der Waals surface area contributed by atoms with Crippen LogP contribution < -0.4 is 0 Å². The Hall–Kier alpha value is -2.88. The molecule has 32 heavy (non-hydrogen) atoms. The molecule has 3 rings (SSSR count). The van der Waals surface area contributed by atoms with Crippen molar-refractivity contribution < 1.29 is 9.53 Å². The predicted octanol–water partition coefficient (Wildman–Crippen LogP) is 6.09. The van der Waals surface area contributed by atoms with Gasteiger partial charge in [-0.15, -0.1) is 0 Å². The van der Waals surface area contributed by atoms with Crippen molar-refractivity contribution in [1.29, 1.82) is 0 Å². The maximum atomic E-state index is 13.5. The van der Waals surface area contributed by atoms with Crippen LogP contribution in [0.4, 0.5) is 0 Å². The smallest absolute Gasteiger partial charge is 0.312 e. The molecule has 3 aromatic rings. The van der Waals surface area contributed by atoms with Crippen molar-refractivity contribution in [2.45, 2.75) is 58.3 Å². The summed E-state index contributed by atoms with van der Waals surface area (Å²) in [6.07, 6.45) is 5.41. The quantitative estimate of drug-likeness (QED) is 0.306. The van der Waals surface area contributed by atoms with Gasteiger partial charge in [-0.2, -0.15) is 0 Å². The zero-order valence-electron chi connectivity index (χ0n) is 20.0. The molecule has 166 valence electrons. The maximum absolute atomic E-state index is 13.5. The number of hydrogen-bond donors (Lipinski definition) is 0. The van der Waals surface area contributed by atoms with Crippen LogP contribution in [-0.2, 0) is 20.4 Å². The third-order valence-corrected chi connectivity index (χ3v) is 6.96. The molecule has 1 heterocycles. The molecule has 0 amide bonds. The Bertz CT molecular complexity index is 966. The van der Waals surface area contributed by atoms with Crippen LogP contribution in [0.2, 0.25) is 6.32 Å². The Kier molecular flexibility index (Phi) is 7.23. The van der Waals surface area contributed by atoms with Crippen molar-refractivity contribution in [3.63, 3.8) is 0 Å². The van der Waals surface area contributed by atoms with E-state index < -0.39 is 11.0 Å². The molecule has 0 bridgehead atoms. The molecule has 1 atom stereocenters. The van der Waals surface area contributed by atoms with Crippen molar-refractivity contribution in [2.24, 2.45) is 5.41 Å². The Morgan fingerprint density at radius 1 is 0.812 bits per heavy atom. The molecule has 0 fully saturated rings. The largest absolute Gasteiger partial charge is 0.449 e. The maximum Gasteiger partial charge on any atom is 0.312 e. The predicted molar refractivity (Wildman–Crippen MR) is 133 cm³/mol. The Morgan fingerprint density at radius 3 is 1.78 bits per heavy atom. The zero-order valence-corrected chi connectivity index (χ0v) is 20.0. The summed E-state index contributed by atoms with van der Waals surface area (Å²) in [6, 6.07) is 24.1. The standard InChI is InChI=1S/C28H34BNO2/c1-6-27(4,22-17-19-30-20-18-22)29-21-26(2,3)25(31)32-28(5,23-13-9-7-10-14-23)24-15-11-8-12-16-24/h7-20,29H,6,21H2,1-5H3. The van der Waals surface area contributed by atoms with Crippen molar-refractivity contribution in [3.05, 3.63) is 102 Å². The summed E-state index contributed by atoms with van der Waals surface area (Å²) >= 11 is 0. The van der Waals surface area contributed by atoms with Gasteiger partial charge in [0.25, 0.3) is 0 Å². The first-order valence-corrected chi connectivity index (χ1v) is 11.5. The topological polar surface area (TPSA) is 39.2 Å².